The molecule has 2 amide bonds. The van der Waals surface area contributed by atoms with Crippen LogP contribution in [-0.4, -0.2) is 62.4 Å². The summed E-state index contributed by atoms with van der Waals surface area (Å²) in [6.07, 6.45) is 1.62. The SMILES string of the molecule is CN(C)C(=O)C1CCCN1C(=O)c1cccc(N(C)C)c1. The number of likely N-dealkylation sites (N-methyl/N-ethyl adjacent to an activating group) is 1. The average Bonchev–Trinajstić information content (AvgIpc) is 2.94. The lowest BCUT2D eigenvalue weighted by Gasteiger charge is -2.26. The Labute approximate surface area is 126 Å². The molecule has 1 unspecified atom stereocenters. The molecule has 1 aliphatic heterocycles. The van der Waals surface area contributed by atoms with Crippen LogP contribution < -0.4 is 4.90 Å². The van der Waals surface area contributed by atoms with Crippen molar-refractivity contribution in [2.45, 2.75) is 18.9 Å². The molecule has 114 valence electrons. The van der Waals surface area contributed by atoms with E-state index in [9.17, 15) is 9.59 Å². The van der Waals surface area contributed by atoms with Gasteiger partial charge in [0.05, 0.1) is 0 Å². The highest BCUT2D eigenvalue weighted by Gasteiger charge is 2.35. The fourth-order valence-corrected chi connectivity index (χ4v) is 2.65. The molecule has 0 aromatic heterocycles. The summed E-state index contributed by atoms with van der Waals surface area (Å²) in [5.74, 6) is -0.0546. The number of carbonyl (C=O) groups excluding carboxylic acids is 2. The second kappa shape index (κ2) is 6.16. The zero-order chi connectivity index (χ0) is 15.6. The first kappa shape index (κ1) is 15.4. The number of likely N-dealkylation sites (tertiary alicyclic amines) is 1. The molecule has 1 atom stereocenters. The Kier molecular flexibility index (Phi) is 4.50. The summed E-state index contributed by atoms with van der Waals surface area (Å²) in [6, 6.07) is 7.20. The van der Waals surface area contributed by atoms with Gasteiger partial charge in [-0.2, -0.15) is 0 Å². The molecule has 2 rings (SSSR count). The molecule has 1 aromatic rings. The van der Waals surface area contributed by atoms with Gasteiger partial charge in [-0.15, -0.1) is 0 Å². The fourth-order valence-electron chi connectivity index (χ4n) is 2.65. The van der Waals surface area contributed by atoms with Gasteiger partial charge in [0.2, 0.25) is 5.91 Å². The number of hydrogen-bond donors (Lipinski definition) is 0. The van der Waals surface area contributed by atoms with Gasteiger partial charge in [0.1, 0.15) is 6.04 Å². The van der Waals surface area contributed by atoms with Crippen molar-refractivity contribution in [2.75, 3.05) is 39.6 Å². The topological polar surface area (TPSA) is 43.9 Å². The van der Waals surface area contributed by atoms with Crippen LogP contribution in [0.25, 0.3) is 0 Å². The summed E-state index contributed by atoms with van der Waals surface area (Å²) in [6.45, 7) is 0.648. The van der Waals surface area contributed by atoms with Gasteiger partial charge in [-0.3, -0.25) is 9.59 Å². The van der Waals surface area contributed by atoms with E-state index in [0.29, 0.717) is 12.1 Å². The van der Waals surface area contributed by atoms with Crippen LogP contribution in [0.15, 0.2) is 24.3 Å². The Morgan fingerprint density at radius 1 is 1.19 bits per heavy atom. The average molecular weight is 289 g/mol. The molecule has 0 aliphatic carbocycles. The van der Waals surface area contributed by atoms with Gasteiger partial charge in [-0.25, -0.2) is 0 Å². The summed E-state index contributed by atoms with van der Waals surface area (Å²) in [5.41, 5.74) is 1.62. The molecule has 0 bridgehead atoms. The van der Waals surface area contributed by atoms with Crippen molar-refractivity contribution in [1.82, 2.24) is 9.80 Å². The molecular weight excluding hydrogens is 266 g/mol. The molecule has 0 radical (unpaired) electrons. The number of amides is 2. The maximum Gasteiger partial charge on any atom is 0.254 e. The summed E-state index contributed by atoms with van der Waals surface area (Å²) in [5, 5.41) is 0. The molecule has 1 heterocycles. The third kappa shape index (κ3) is 3.17. The first-order valence-corrected chi connectivity index (χ1v) is 7.21. The van der Waals surface area contributed by atoms with Gasteiger partial charge in [0.15, 0.2) is 0 Å². The maximum atomic E-state index is 12.7. The van der Waals surface area contributed by atoms with Crippen molar-refractivity contribution in [3.63, 3.8) is 0 Å². The fraction of sp³-hybridized carbons (Fsp3) is 0.500. The van der Waals surface area contributed by atoms with Crippen molar-refractivity contribution >= 4 is 17.5 Å². The van der Waals surface area contributed by atoms with Crippen molar-refractivity contribution in [1.29, 1.82) is 0 Å². The normalized spacial score (nSPS) is 17.7. The zero-order valence-corrected chi connectivity index (χ0v) is 13.2. The second-order valence-corrected chi connectivity index (χ2v) is 5.83. The first-order valence-electron chi connectivity index (χ1n) is 7.21. The van der Waals surface area contributed by atoms with Crippen LogP contribution in [0.4, 0.5) is 5.69 Å². The number of nitrogens with zero attached hydrogens (tertiary/aromatic N) is 3. The van der Waals surface area contributed by atoms with Crippen molar-refractivity contribution in [2.24, 2.45) is 0 Å². The van der Waals surface area contributed by atoms with Crippen LogP contribution in [0, 0.1) is 0 Å². The molecule has 21 heavy (non-hydrogen) atoms. The van der Waals surface area contributed by atoms with E-state index in [1.807, 2.05) is 43.3 Å². The number of carbonyl (C=O) groups is 2. The molecule has 1 fully saturated rings. The standard InChI is InChI=1S/C16H23N3O2/c1-17(2)13-8-5-7-12(11-13)15(20)19-10-6-9-14(19)16(21)18(3)4/h5,7-8,11,14H,6,9-10H2,1-4H3. The molecule has 1 aliphatic rings. The van der Waals surface area contributed by atoms with Gasteiger partial charge in [-0.05, 0) is 31.0 Å². The maximum absolute atomic E-state index is 12.7. The molecule has 1 saturated heterocycles. The van der Waals surface area contributed by atoms with Crippen LogP contribution in [0.2, 0.25) is 0 Å². The smallest absolute Gasteiger partial charge is 0.254 e. The minimum atomic E-state index is -0.324. The quantitative estimate of drug-likeness (QED) is 0.846. The van der Waals surface area contributed by atoms with E-state index < -0.39 is 0 Å². The molecule has 0 saturated carbocycles. The molecular formula is C16H23N3O2. The third-order valence-electron chi connectivity index (χ3n) is 3.85. The lowest BCUT2D eigenvalue weighted by atomic mass is 10.1. The summed E-state index contributed by atoms with van der Waals surface area (Å²) >= 11 is 0. The van der Waals surface area contributed by atoms with E-state index in [4.69, 9.17) is 0 Å². The van der Waals surface area contributed by atoms with Gasteiger partial charge in [-0.1, -0.05) is 6.07 Å². The molecule has 5 heteroatoms. The van der Waals surface area contributed by atoms with Gasteiger partial charge in [0, 0.05) is 46.0 Å². The largest absolute Gasteiger partial charge is 0.378 e. The number of hydrogen-bond acceptors (Lipinski definition) is 3. The second-order valence-electron chi connectivity index (χ2n) is 5.83. The predicted octanol–water partition coefficient (Wildman–Crippen LogP) is 1.45. The van der Waals surface area contributed by atoms with Crippen molar-refractivity contribution < 1.29 is 9.59 Å². The van der Waals surface area contributed by atoms with E-state index >= 15 is 0 Å². The summed E-state index contributed by atoms with van der Waals surface area (Å²) in [4.78, 5) is 30.1. The summed E-state index contributed by atoms with van der Waals surface area (Å²) < 4.78 is 0. The Bertz CT molecular complexity index is 540. The van der Waals surface area contributed by atoms with Gasteiger partial charge >= 0.3 is 0 Å². The minimum absolute atomic E-state index is 0.00427. The number of rotatable bonds is 3. The minimum Gasteiger partial charge on any atom is -0.378 e. The van der Waals surface area contributed by atoms with Crippen LogP contribution in [-0.2, 0) is 4.79 Å². The third-order valence-corrected chi connectivity index (χ3v) is 3.85. The van der Waals surface area contributed by atoms with Crippen molar-refractivity contribution in [3.8, 4) is 0 Å². The highest BCUT2D eigenvalue weighted by molar-refractivity contribution is 5.98. The summed E-state index contributed by atoms with van der Waals surface area (Å²) in [7, 11) is 7.35. The predicted molar refractivity (Wildman–Crippen MR) is 83.5 cm³/mol. The van der Waals surface area contributed by atoms with E-state index in [1.54, 1.807) is 23.9 Å². The van der Waals surface area contributed by atoms with E-state index in [1.165, 1.54) is 0 Å². The van der Waals surface area contributed by atoms with Crippen LogP contribution >= 0.6 is 0 Å². The number of benzene rings is 1. The van der Waals surface area contributed by atoms with Gasteiger partial charge in [0.25, 0.3) is 5.91 Å². The van der Waals surface area contributed by atoms with Crippen LogP contribution in [0.5, 0.6) is 0 Å². The van der Waals surface area contributed by atoms with E-state index in [-0.39, 0.29) is 17.9 Å². The highest BCUT2D eigenvalue weighted by atomic mass is 16.2. The van der Waals surface area contributed by atoms with E-state index in [0.717, 1.165) is 18.5 Å². The van der Waals surface area contributed by atoms with Crippen molar-refractivity contribution in [3.05, 3.63) is 29.8 Å². The monoisotopic (exact) mass is 289 g/mol. The Hall–Kier alpha value is -2.04. The Balaban J connectivity index is 2.23. The molecule has 0 N–H and O–H groups in total. The van der Waals surface area contributed by atoms with E-state index in [2.05, 4.69) is 0 Å². The zero-order valence-electron chi connectivity index (χ0n) is 13.2. The Morgan fingerprint density at radius 2 is 1.90 bits per heavy atom. The molecule has 1 aromatic carbocycles. The van der Waals surface area contributed by atoms with Crippen LogP contribution in [0.3, 0.4) is 0 Å². The molecule has 0 spiro atoms. The number of anilines is 1. The Morgan fingerprint density at radius 3 is 2.52 bits per heavy atom. The lowest BCUT2D eigenvalue weighted by molar-refractivity contribution is -0.132. The van der Waals surface area contributed by atoms with Crippen LogP contribution in [0.1, 0.15) is 23.2 Å². The molecule has 5 nitrogen and oxygen atoms in total. The van der Waals surface area contributed by atoms with Gasteiger partial charge < -0.3 is 14.7 Å². The highest BCUT2D eigenvalue weighted by Crippen LogP contribution is 2.23. The first-order chi connectivity index (χ1) is 9.91. The lowest BCUT2D eigenvalue weighted by Crippen LogP contribution is -2.45.